The highest BCUT2D eigenvalue weighted by Gasteiger charge is 2.31. The maximum Gasteiger partial charge on any atom is 0.0648 e. The Bertz CT molecular complexity index is 342. The van der Waals surface area contributed by atoms with Crippen molar-refractivity contribution < 1.29 is 4.74 Å². The lowest BCUT2D eigenvalue weighted by molar-refractivity contribution is 0.0728. The highest BCUT2D eigenvalue weighted by molar-refractivity contribution is 5.18. The summed E-state index contributed by atoms with van der Waals surface area (Å²) in [6.07, 6.45) is 7.47. The molecule has 0 radical (unpaired) electrons. The van der Waals surface area contributed by atoms with E-state index in [0.717, 1.165) is 19.1 Å². The van der Waals surface area contributed by atoms with E-state index < -0.39 is 0 Å². The molecular weight excluding hydrogens is 212 g/mol. The molecule has 1 heterocycles. The molecule has 1 aromatic heterocycles. The predicted molar refractivity (Wildman–Crippen MR) is 70.0 cm³/mol. The van der Waals surface area contributed by atoms with Crippen LogP contribution in [0, 0.1) is 5.92 Å². The fraction of sp³-hybridized carbons (Fsp3) is 0.714. The summed E-state index contributed by atoms with van der Waals surface area (Å²) in [5, 5.41) is 3.42. The summed E-state index contributed by atoms with van der Waals surface area (Å²) in [7, 11) is 2.06. The molecule has 0 aliphatic heterocycles. The van der Waals surface area contributed by atoms with E-state index >= 15 is 0 Å². The second-order valence-electron chi connectivity index (χ2n) is 5.21. The van der Waals surface area contributed by atoms with Crippen LogP contribution in [0.3, 0.4) is 0 Å². The summed E-state index contributed by atoms with van der Waals surface area (Å²) in [6.45, 7) is 5.88. The van der Waals surface area contributed by atoms with E-state index in [1.165, 1.54) is 18.4 Å². The molecule has 1 saturated carbocycles. The van der Waals surface area contributed by atoms with Gasteiger partial charge in [0.15, 0.2) is 0 Å². The second kappa shape index (κ2) is 5.69. The topological polar surface area (TPSA) is 26.2 Å². The van der Waals surface area contributed by atoms with E-state index in [1.807, 2.05) is 0 Å². The molecule has 1 fully saturated rings. The van der Waals surface area contributed by atoms with Gasteiger partial charge in [-0.15, -0.1) is 0 Å². The molecule has 96 valence electrons. The van der Waals surface area contributed by atoms with Crippen molar-refractivity contribution in [1.29, 1.82) is 0 Å². The van der Waals surface area contributed by atoms with Crippen LogP contribution in [0.25, 0.3) is 0 Å². The maximum absolute atomic E-state index is 5.57. The summed E-state index contributed by atoms with van der Waals surface area (Å²) in [5.41, 5.74) is 1.42. The summed E-state index contributed by atoms with van der Waals surface area (Å²) >= 11 is 0. The molecule has 3 nitrogen and oxygen atoms in total. The lowest BCUT2D eigenvalue weighted by Gasteiger charge is -2.13. The molecule has 1 aliphatic rings. The average Bonchev–Trinajstić information content (AvgIpc) is 3.00. The maximum atomic E-state index is 5.57. The number of nitrogens with zero attached hydrogens (tertiary/aromatic N) is 1. The number of hydrogen-bond donors (Lipinski definition) is 1. The van der Waals surface area contributed by atoms with Gasteiger partial charge in [0.1, 0.15) is 0 Å². The normalized spacial score (nSPS) is 17.6. The van der Waals surface area contributed by atoms with Crippen molar-refractivity contribution in [2.45, 2.75) is 45.4 Å². The van der Waals surface area contributed by atoms with E-state index in [4.69, 9.17) is 4.74 Å². The van der Waals surface area contributed by atoms with Crippen LogP contribution in [-0.4, -0.2) is 24.3 Å². The summed E-state index contributed by atoms with van der Waals surface area (Å²) < 4.78 is 7.79. The smallest absolute Gasteiger partial charge is 0.0648 e. The Hall–Kier alpha value is -0.800. The van der Waals surface area contributed by atoms with Gasteiger partial charge in [-0.2, -0.15) is 0 Å². The first kappa shape index (κ1) is 12.7. The number of nitrogens with one attached hydrogen (secondary N) is 1. The number of hydrogen-bond acceptors (Lipinski definition) is 2. The molecular formula is C14H24N2O. The lowest BCUT2D eigenvalue weighted by atomic mass is 10.1. The van der Waals surface area contributed by atoms with Crippen molar-refractivity contribution in [3.05, 3.63) is 24.0 Å². The Kier molecular flexibility index (Phi) is 4.24. The van der Waals surface area contributed by atoms with Crippen LogP contribution in [0.5, 0.6) is 0 Å². The summed E-state index contributed by atoms with van der Waals surface area (Å²) in [5.74, 6) is 0.850. The van der Waals surface area contributed by atoms with Crippen molar-refractivity contribution in [1.82, 2.24) is 9.88 Å². The minimum atomic E-state index is 0.321. The second-order valence-corrected chi connectivity index (χ2v) is 5.21. The van der Waals surface area contributed by atoms with Gasteiger partial charge < -0.3 is 14.6 Å². The first-order valence-corrected chi connectivity index (χ1v) is 6.65. The SMILES string of the molecule is CNC(c1ccn(CCOC(C)C)c1)C1CC1. The van der Waals surface area contributed by atoms with Gasteiger partial charge in [-0.3, -0.25) is 0 Å². The fourth-order valence-corrected chi connectivity index (χ4v) is 2.28. The molecule has 1 atom stereocenters. The molecule has 3 heteroatoms. The number of aromatic nitrogens is 1. The molecule has 1 unspecified atom stereocenters. The zero-order valence-corrected chi connectivity index (χ0v) is 11.1. The highest BCUT2D eigenvalue weighted by Crippen LogP contribution is 2.40. The van der Waals surface area contributed by atoms with E-state index in [2.05, 4.69) is 49.2 Å². The minimum absolute atomic E-state index is 0.321. The van der Waals surface area contributed by atoms with Crippen LogP contribution in [0.4, 0.5) is 0 Å². The summed E-state index contributed by atoms with van der Waals surface area (Å²) in [6, 6.07) is 2.77. The summed E-state index contributed by atoms with van der Waals surface area (Å²) in [4.78, 5) is 0. The molecule has 17 heavy (non-hydrogen) atoms. The van der Waals surface area contributed by atoms with Crippen LogP contribution in [0.1, 0.15) is 38.3 Å². The van der Waals surface area contributed by atoms with Gasteiger partial charge in [-0.05, 0) is 51.3 Å². The first-order chi connectivity index (χ1) is 8.20. The molecule has 0 spiro atoms. The van der Waals surface area contributed by atoms with Crippen molar-refractivity contribution in [3.63, 3.8) is 0 Å². The van der Waals surface area contributed by atoms with Gasteiger partial charge in [-0.1, -0.05) is 0 Å². The Morgan fingerprint density at radius 1 is 1.47 bits per heavy atom. The third-order valence-corrected chi connectivity index (χ3v) is 3.34. The monoisotopic (exact) mass is 236 g/mol. The van der Waals surface area contributed by atoms with Crippen molar-refractivity contribution in [2.75, 3.05) is 13.7 Å². The van der Waals surface area contributed by atoms with Crippen molar-refractivity contribution in [3.8, 4) is 0 Å². The Balaban J connectivity index is 1.86. The van der Waals surface area contributed by atoms with Crippen LogP contribution >= 0.6 is 0 Å². The standard InChI is InChI=1S/C14H24N2O/c1-11(2)17-9-8-16-7-6-13(10-16)14(15-3)12-4-5-12/h6-7,10-12,14-15H,4-5,8-9H2,1-3H3. The van der Waals surface area contributed by atoms with Crippen LogP contribution in [0.2, 0.25) is 0 Å². The molecule has 0 aromatic carbocycles. The zero-order chi connectivity index (χ0) is 12.3. The van der Waals surface area contributed by atoms with Gasteiger partial charge in [0, 0.05) is 25.0 Å². The van der Waals surface area contributed by atoms with E-state index in [0.29, 0.717) is 12.1 Å². The molecule has 0 bridgehead atoms. The molecule has 1 N–H and O–H groups in total. The van der Waals surface area contributed by atoms with E-state index in [9.17, 15) is 0 Å². The van der Waals surface area contributed by atoms with Crippen molar-refractivity contribution >= 4 is 0 Å². The molecule has 1 aliphatic carbocycles. The first-order valence-electron chi connectivity index (χ1n) is 6.65. The predicted octanol–water partition coefficient (Wildman–Crippen LogP) is 2.58. The Morgan fingerprint density at radius 3 is 2.82 bits per heavy atom. The third kappa shape index (κ3) is 3.58. The third-order valence-electron chi connectivity index (χ3n) is 3.34. The van der Waals surface area contributed by atoms with Crippen LogP contribution in [-0.2, 0) is 11.3 Å². The number of rotatable bonds is 7. The Labute approximate surface area is 104 Å². The quantitative estimate of drug-likeness (QED) is 0.787. The lowest BCUT2D eigenvalue weighted by Crippen LogP contribution is -2.17. The van der Waals surface area contributed by atoms with Crippen molar-refractivity contribution in [2.24, 2.45) is 5.92 Å². The largest absolute Gasteiger partial charge is 0.377 e. The number of ether oxygens (including phenoxy) is 1. The van der Waals surface area contributed by atoms with Crippen LogP contribution in [0.15, 0.2) is 18.5 Å². The molecule has 0 saturated heterocycles. The van der Waals surface area contributed by atoms with Gasteiger partial charge in [0.2, 0.25) is 0 Å². The van der Waals surface area contributed by atoms with E-state index in [1.54, 1.807) is 0 Å². The molecule has 1 aromatic rings. The fourth-order valence-electron chi connectivity index (χ4n) is 2.28. The van der Waals surface area contributed by atoms with Crippen LogP contribution < -0.4 is 5.32 Å². The van der Waals surface area contributed by atoms with Gasteiger partial charge in [-0.25, -0.2) is 0 Å². The van der Waals surface area contributed by atoms with Gasteiger partial charge in [0.25, 0.3) is 0 Å². The molecule has 2 rings (SSSR count). The molecule has 0 amide bonds. The van der Waals surface area contributed by atoms with Gasteiger partial charge >= 0.3 is 0 Å². The van der Waals surface area contributed by atoms with E-state index in [-0.39, 0.29) is 0 Å². The Morgan fingerprint density at radius 2 is 2.24 bits per heavy atom. The van der Waals surface area contributed by atoms with Gasteiger partial charge in [0.05, 0.1) is 12.7 Å². The zero-order valence-electron chi connectivity index (χ0n) is 11.1. The average molecular weight is 236 g/mol. The highest BCUT2D eigenvalue weighted by atomic mass is 16.5. The minimum Gasteiger partial charge on any atom is -0.377 e.